The topological polar surface area (TPSA) is 52.6 Å². The maximum absolute atomic E-state index is 12.7. The number of carbonyl (C=O) groups excluding carboxylic acids is 2. The molecule has 0 saturated heterocycles. The molecular weight excluding hydrogens is 436 g/mol. The van der Waals surface area contributed by atoms with E-state index < -0.39 is 0 Å². The molecule has 4 nitrogen and oxygen atoms in total. The molecule has 35 heavy (non-hydrogen) atoms. The Balaban J connectivity index is 1.36. The monoisotopic (exact) mass is 464 g/mol. The second kappa shape index (κ2) is 8.70. The molecule has 176 valence electrons. The number of carbonyl (C=O) groups is 2. The molecule has 3 aromatic rings. The van der Waals surface area contributed by atoms with Gasteiger partial charge in [-0.15, -0.1) is 0 Å². The summed E-state index contributed by atoms with van der Waals surface area (Å²) in [7, 11) is 0. The van der Waals surface area contributed by atoms with E-state index in [1.54, 1.807) is 24.3 Å². The third-order valence-electron chi connectivity index (χ3n) is 7.34. The summed E-state index contributed by atoms with van der Waals surface area (Å²) in [5.74, 6) is 0.634. The molecule has 0 N–H and O–H groups in total. The second-order valence-electron chi connectivity index (χ2n) is 9.79. The third-order valence-corrected chi connectivity index (χ3v) is 7.34. The standard InChI is InChI=1S/C31H28O4/c1-19-5-9-22(10-6-19)29(32)34-24-13-15-26-27(17-24)21(3)31(4)18-25(14-16-28(26)31)35-30(33)23-11-7-20(2)8-12-23/h5-17,21H,18H2,1-4H3. The number of ether oxygens (including phenoxy) is 2. The van der Waals surface area contributed by atoms with Gasteiger partial charge in [-0.25, -0.2) is 9.59 Å². The maximum atomic E-state index is 12.7. The van der Waals surface area contributed by atoms with E-state index in [4.69, 9.17) is 9.47 Å². The number of hydrogen-bond acceptors (Lipinski definition) is 4. The Morgan fingerprint density at radius 2 is 1.37 bits per heavy atom. The lowest BCUT2D eigenvalue weighted by atomic mass is 9.71. The van der Waals surface area contributed by atoms with Crippen molar-refractivity contribution in [2.24, 2.45) is 5.41 Å². The minimum Gasteiger partial charge on any atom is -0.427 e. The summed E-state index contributed by atoms with van der Waals surface area (Å²) >= 11 is 0. The van der Waals surface area contributed by atoms with Gasteiger partial charge in [0.15, 0.2) is 0 Å². The molecule has 2 aliphatic carbocycles. The highest BCUT2D eigenvalue weighted by atomic mass is 16.5. The van der Waals surface area contributed by atoms with Crippen LogP contribution in [0.5, 0.6) is 5.75 Å². The lowest BCUT2D eigenvalue weighted by molar-refractivity contribution is 0.0596. The van der Waals surface area contributed by atoms with Crippen molar-refractivity contribution in [3.8, 4) is 5.75 Å². The number of rotatable bonds is 4. The fourth-order valence-corrected chi connectivity index (χ4v) is 5.01. The molecule has 2 atom stereocenters. The first kappa shape index (κ1) is 22.9. The third kappa shape index (κ3) is 4.21. The number of benzene rings is 3. The summed E-state index contributed by atoms with van der Waals surface area (Å²) in [5.41, 5.74) is 6.53. The molecule has 2 aliphatic rings. The Hall–Kier alpha value is -3.92. The normalized spacial score (nSPS) is 20.3. The molecule has 0 amide bonds. The summed E-state index contributed by atoms with van der Waals surface area (Å²) in [6.07, 6.45) is 4.57. The Kier molecular flexibility index (Phi) is 5.68. The van der Waals surface area contributed by atoms with Crippen LogP contribution in [0.4, 0.5) is 0 Å². The second-order valence-corrected chi connectivity index (χ2v) is 9.79. The van der Waals surface area contributed by atoms with Crippen LogP contribution in [0.1, 0.15) is 69.2 Å². The molecule has 2 unspecified atom stereocenters. The lowest BCUT2D eigenvalue weighted by Gasteiger charge is -2.34. The first-order valence-corrected chi connectivity index (χ1v) is 11.9. The average molecular weight is 465 g/mol. The van der Waals surface area contributed by atoms with Gasteiger partial charge < -0.3 is 9.47 Å². The number of aryl methyl sites for hydroxylation is 2. The fraction of sp³-hybridized carbons (Fsp3) is 0.226. The van der Waals surface area contributed by atoms with Crippen LogP contribution >= 0.6 is 0 Å². The van der Waals surface area contributed by atoms with Crippen molar-refractivity contribution in [3.63, 3.8) is 0 Å². The van der Waals surface area contributed by atoms with Crippen molar-refractivity contribution in [1.29, 1.82) is 0 Å². The van der Waals surface area contributed by atoms with Crippen LogP contribution in [0, 0.1) is 19.3 Å². The molecule has 0 spiro atoms. The zero-order valence-electron chi connectivity index (χ0n) is 20.4. The Labute approximate surface area is 205 Å². The van der Waals surface area contributed by atoms with E-state index >= 15 is 0 Å². The molecular formula is C31H28O4. The molecule has 0 fully saturated rings. The highest BCUT2D eigenvalue weighted by Gasteiger charge is 2.46. The van der Waals surface area contributed by atoms with Crippen LogP contribution in [-0.2, 0) is 4.74 Å². The van der Waals surface area contributed by atoms with Crippen molar-refractivity contribution in [3.05, 3.63) is 118 Å². The minimum atomic E-state index is -0.370. The van der Waals surface area contributed by atoms with E-state index in [1.807, 2.05) is 62.4 Å². The Bertz CT molecular complexity index is 1380. The van der Waals surface area contributed by atoms with E-state index in [-0.39, 0.29) is 23.3 Å². The van der Waals surface area contributed by atoms with Gasteiger partial charge in [-0.2, -0.15) is 0 Å². The van der Waals surface area contributed by atoms with Gasteiger partial charge in [0.25, 0.3) is 0 Å². The molecule has 0 saturated carbocycles. The van der Waals surface area contributed by atoms with Gasteiger partial charge in [0, 0.05) is 11.8 Å². The van der Waals surface area contributed by atoms with Gasteiger partial charge >= 0.3 is 11.9 Å². The van der Waals surface area contributed by atoms with Crippen LogP contribution in [0.25, 0.3) is 5.57 Å². The van der Waals surface area contributed by atoms with Gasteiger partial charge in [0.1, 0.15) is 11.5 Å². The van der Waals surface area contributed by atoms with Gasteiger partial charge in [-0.3, -0.25) is 0 Å². The number of allylic oxidation sites excluding steroid dienone is 4. The molecule has 0 heterocycles. The van der Waals surface area contributed by atoms with E-state index in [0.29, 0.717) is 29.1 Å². The van der Waals surface area contributed by atoms with Gasteiger partial charge in [0.05, 0.1) is 11.1 Å². The smallest absolute Gasteiger partial charge is 0.343 e. The predicted molar refractivity (Wildman–Crippen MR) is 136 cm³/mol. The predicted octanol–water partition coefficient (Wildman–Crippen LogP) is 7.17. The highest BCUT2D eigenvalue weighted by Crippen LogP contribution is 2.59. The first-order chi connectivity index (χ1) is 16.7. The first-order valence-electron chi connectivity index (χ1n) is 11.9. The number of esters is 2. The van der Waals surface area contributed by atoms with Crippen LogP contribution in [0.2, 0.25) is 0 Å². The van der Waals surface area contributed by atoms with Crippen molar-refractivity contribution < 1.29 is 19.1 Å². The minimum absolute atomic E-state index is 0.156. The van der Waals surface area contributed by atoms with E-state index in [0.717, 1.165) is 22.3 Å². The SMILES string of the molecule is Cc1ccc(C(=O)OC2=CC=C3c4ccc(OC(=O)c5ccc(C)cc5)cc4C(C)C3(C)C2)cc1. The Morgan fingerprint density at radius 1 is 0.800 bits per heavy atom. The van der Waals surface area contributed by atoms with Crippen LogP contribution < -0.4 is 4.74 Å². The zero-order chi connectivity index (χ0) is 24.7. The number of hydrogen-bond donors (Lipinski definition) is 0. The summed E-state index contributed by atoms with van der Waals surface area (Å²) in [4.78, 5) is 25.3. The van der Waals surface area contributed by atoms with Crippen molar-refractivity contribution in [2.45, 2.75) is 40.0 Å². The van der Waals surface area contributed by atoms with Crippen LogP contribution in [0.15, 0.2) is 84.6 Å². The zero-order valence-corrected chi connectivity index (χ0v) is 20.4. The van der Waals surface area contributed by atoms with Crippen LogP contribution in [0.3, 0.4) is 0 Å². The molecule has 0 aliphatic heterocycles. The summed E-state index contributed by atoms with van der Waals surface area (Å²) in [5, 5.41) is 0. The lowest BCUT2D eigenvalue weighted by Crippen LogP contribution is -2.24. The van der Waals surface area contributed by atoms with E-state index in [1.165, 1.54) is 5.57 Å². The van der Waals surface area contributed by atoms with Crippen molar-refractivity contribution in [1.82, 2.24) is 0 Å². The quantitative estimate of drug-likeness (QED) is 0.303. The number of fused-ring (bicyclic) bond motifs is 3. The summed E-state index contributed by atoms with van der Waals surface area (Å²) < 4.78 is 11.5. The molecule has 5 rings (SSSR count). The molecule has 4 heteroatoms. The summed E-state index contributed by atoms with van der Waals surface area (Å²) in [6, 6.07) is 20.6. The largest absolute Gasteiger partial charge is 0.427 e. The van der Waals surface area contributed by atoms with Gasteiger partial charge in [-0.1, -0.05) is 61.4 Å². The van der Waals surface area contributed by atoms with Gasteiger partial charge in [-0.05, 0) is 78.9 Å². The maximum Gasteiger partial charge on any atom is 0.343 e. The molecule has 0 radical (unpaired) electrons. The molecule has 3 aromatic carbocycles. The molecule has 0 aromatic heterocycles. The Morgan fingerprint density at radius 3 is 1.97 bits per heavy atom. The fourth-order valence-electron chi connectivity index (χ4n) is 5.01. The van der Waals surface area contributed by atoms with Crippen molar-refractivity contribution >= 4 is 17.5 Å². The molecule has 0 bridgehead atoms. The van der Waals surface area contributed by atoms with Crippen LogP contribution in [-0.4, -0.2) is 11.9 Å². The highest BCUT2D eigenvalue weighted by molar-refractivity contribution is 5.92. The van der Waals surface area contributed by atoms with E-state index in [9.17, 15) is 9.59 Å². The van der Waals surface area contributed by atoms with Gasteiger partial charge in [0.2, 0.25) is 0 Å². The average Bonchev–Trinajstić information content (AvgIpc) is 3.05. The summed E-state index contributed by atoms with van der Waals surface area (Å²) in [6.45, 7) is 8.35. The van der Waals surface area contributed by atoms with E-state index in [2.05, 4.69) is 19.9 Å². The van der Waals surface area contributed by atoms with Crippen molar-refractivity contribution in [2.75, 3.05) is 0 Å².